The fourth-order valence-corrected chi connectivity index (χ4v) is 2.99. The lowest BCUT2D eigenvalue weighted by atomic mass is 10.2. The second-order valence-electron chi connectivity index (χ2n) is 7.49. The van der Waals surface area contributed by atoms with Gasteiger partial charge in [-0.3, -0.25) is 10.1 Å². The molecular formula is C17H23N5O4. The van der Waals surface area contributed by atoms with Crippen LogP contribution in [0.4, 0.5) is 16.4 Å². The highest BCUT2D eigenvalue weighted by Crippen LogP contribution is 2.24. The van der Waals surface area contributed by atoms with Gasteiger partial charge in [0.2, 0.25) is 5.95 Å². The summed E-state index contributed by atoms with van der Waals surface area (Å²) < 4.78 is 5.45. The van der Waals surface area contributed by atoms with Gasteiger partial charge in [-0.2, -0.15) is 0 Å². The molecule has 1 aliphatic heterocycles. The van der Waals surface area contributed by atoms with Gasteiger partial charge in [0.15, 0.2) is 0 Å². The molecule has 0 radical (unpaired) electrons. The van der Waals surface area contributed by atoms with Crippen LogP contribution < -0.4 is 4.90 Å². The Morgan fingerprint density at radius 2 is 2.12 bits per heavy atom. The van der Waals surface area contributed by atoms with E-state index < -0.39 is 10.5 Å². The standard InChI is InChI=1S/C17H23N5O4/c1-11-10-20(7-8-21(11)16(23)26-17(2,3)4)15-18-13-6-5-12(22(24)25)9-14(13)19-15/h5-6,9,11H,7-8,10H2,1-4H3,(H,18,19)/t11-/m0/s1. The van der Waals surface area contributed by atoms with Crippen molar-refractivity contribution in [1.82, 2.24) is 14.9 Å². The van der Waals surface area contributed by atoms with Crippen LogP contribution in [-0.2, 0) is 4.74 Å². The predicted molar refractivity (Wildman–Crippen MR) is 97.4 cm³/mol. The number of carbonyl (C=O) groups is 1. The molecule has 9 nitrogen and oxygen atoms in total. The number of benzene rings is 1. The number of nitro groups is 1. The summed E-state index contributed by atoms with van der Waals surface area (Å²) in [5, 5.41) is 10.9. The third kappa shape index (κ3) is 3.71. The van der Waals surface area contributed by atoms with Crippen LogP contribution in [-0.4, -0.2) is 57.2 Å². The van der Waals surface area contributed by atoms with E-state index in [1.807, 2.05) is 32.6 Å². The molecule has 0 unspecified atom stereocenters. The lowest BCUT2D eigenvalue weighted by molar-refractivity contribution is -0.384. The van der Waals surface area contributed by atoms with Gasteiger partial charge in [0.1, 0.15) is 5.60 Å². The SMILES string of the molecule is C[C@H]1CN(c2nc3ccc([N+](=O)[O-])cc3[nH]2)CCN1C(=O)OC(C)(C)C. The van der Waals surface area contributed by atoms with Crippen molar-refractivity contribution in [2.24, 2.45) is 0 Å². The van der Waals surface area contributed by atoms with Crippen LogP contribution >= 0.6 is 0 Å². The highest BCUT2D eigenvalue weighted by molar-refractivity contribution is 5.80. The first-order chi connectivity index (χ1) is 12.1. The van der Waals surface area contributed by atoms with E-state index in [1.165, 1.54) is 12.1 Å². The average molecular weight is 361 g/mol. The number of aromatic amines is 1. The summed E-state index contributed by atoms with van der Waals surface area (Å²) in [7, 11) is 0. The Kier molecular flexibility index (Phi) is 4.47. The first-order valence-corrected chi connectivity index (χ1v) is 8.53. The second kappa shape index (κ2) is 6.47. The molecule has 3 rings (SSSR count). The molecule has 1 aliphatic rings. The number of carbonyl (C=O) groups excluding carboxylic acids is 1. The van der Waals surface area contributed by atoms with Crippen LogP contribution in [0.3, 0.4) is 0 Å². The van der Waals surface area contributed by atoms with Gasteiger partial charge in [-0.1, -0.05) is 0 Å². The van der Waals surface area contributed by atoms with Crippen LogP contribution in [0.1, 0.15) is 27.7 Å². The summed E-state index contributed by atoms with van der Waals surface area (Å²) in [5.74, 6) is 0.649. The van der Waals surface area contributed by atoms with E-state index in [9.17, 15) is 14.9 Å². The number of nitro benzene ring substituents is 1. The fraction of sp³-hybridized carbons (Fsp3) is 0.529. The van der Waals surface area contributed by atoms with E-state index >= 15 is 0 Å². The number of ether oxygens (including phenoxy) is 1. The number of imidazole rings is 1. The van der Waals surface area contributed by atoms with Crippen molar-refractivity contribution >= 4 is 28.8 Å². The molecule has 1 amide bonds. The van der Waals surface area contributed by atoms with Crippen molar-refractivity contribution in [3.63, 3.8) is 0 Å². The molecule has 0 saturated carbocycles. The van der Waals surface area contributed by atoms with E-state index in [2.05, 4.69) is 9.97 Å². The number of fused-ring (bicyclic) bond motifs is 1. The number of anilines is 1. The van der Waals surface area contributed by atoms with Gasteiger partial charge in [-0.15, -0.1) is 0 Å². The maximum atomic E-state index is 12.3. The first kappa shape index (κ1) is 18.0. The van der Waals surface area contributed by atoms with Crippen molar-refractivity contribution in [3.05, 3.63) is 28.3 Å². The largest absolute Gasteiger partial charge is 0.444 e. The van der Waals surface area contributed by atoms with E-state index in [-0.39, 0.29) is 17.8 Å². The van der Waals surface area contributed by atoms with Crippen LogP contribution in [0.2, 0.25) is 0 Å². The Labute approximate surface area is 151 Å². The lowest BCUT2D eigenvalue weighted by Gasteiger charge is -2.40. The van der Waals surface area contributed by atoms with Crippen molar-refractivity contribution in [1.29, 1.82) is 0 Å². The monoisotopic (exact) mass is 361 g/mol. The molecule has 1 aromatic carbocycles. The van der Waals surface area contributed by atoms with E-state index in [4.69, 9.17) is 4.74 Å². The molecule has 0 bridgehead atoms. The van der Waals surface area contributed by atoms with E-state index in [1.54, 1.807) is 11.0 Å². The van der Waals surface area contributed by atoms with Crippen molar-refractivity contribution in [2.75, 3.05) is 24.5 Å². The molecule has 1 saturated heterocycles. The lowest BCUT2D eigenvalue weighted by Crippen LogP contribution is -2.55. The minimum atomic E-state index is -0.526. The van der Waals surface area contributed by atoms with Gasteiger partial charge in [0.25, 0.3) is 5.69 Å². The Morgan fingerprint density at radius 1 is 1.38 bits per heavy atom. The maximum Gasteiger partial charge on any atom is 0.410 e. The second-order valence-corrected chi connectivity index (χ2v) is 7.49. The van der Waals surface area contributed by atoms with Gasteiger partial charge in [-0.25, -0.2) is 9.78 Å². The molecule has 1 fully saturated rings. The summed E-state index contributed by atoms with van der Waals surface area (Å²) in [6, 6.07) is 4.51. The summed E-state index contributed by atoms with van der Waals surface area (Å²) in [4.78, 5) is 34.2. The summed E-state index contributed by atoms with van der Waals surface area (Å²) in [6.07, 6.45) is -0.315. The Bertz CT molecular complexity index is 841. The van der Waals surface area contributed by atoms with Gasteiger partial charge in [0, 0.05) is 37.8 Å². The molecule has 1 aromatic heterocycles. The number of hydrogen-bond donors (Lipinski definition) is 1. The number of nitrogens with zero attached hydrogens (tertiary/aromatic N) is 4. The third-order valence-corrected chi connectivity index (χ3v) is 4.22. The van der Waals surface area contributed by atoms with Gasteiger partial charge in [0.05, 0.1) is 16.0 Å². The highest BCUT2D eigenvalue weighted by atomic mass is 16.6. The minimum Gasteiger partial charge on any atom is -0.444 e. The van der Waals surface area contributed by atoms with Crippen molar-refractivity contribution < 1.29 is 14.5 Å². The molecule has 140 valence electrons. The number of aromatic nitrogens is 2. The van der Waals surface area contributed by atoms with Gasteiger partial charge >= 0.3 is 6.09 Å². The number of H-pyrrole nitrogens is 1. The molecule has 1 atom stereocenters. The van der Waals surface area contributed by atoms with E-state index in [0.29, 0.717) is 36.6 Å². The summed E-state index contributed by atoms with van der Waals surface area (Å²) in [6.45, 7) is 9.22. The molecule has 1 N–H and O–H groups in total. The highest BCUT2D eigenvalue weighted by Gasteiger charge is 2.31. The topological polar surface area (TPSA) is 105 Å². The minimum absolute atomic E-state index is 0.0239. The van der Waals surface area contributed by atoms with Crippen molar-refractivity contribution in [3.8, 4) is 0 Å². The number of non-ortho nitro benzene ring substituents is 1. The number of rotatable bonds is 2. The Morgan fingerprint density at radius 3 is 2.73 bits per heavy atom. The smallest absolute Gasteiger partial charge is 0.410 e. The zero-order valence-electron chi connectivity index (χ0n) is 15.4. The number of nitrogens with one attached hydrogen (secondary N) is 1. The molecular weight excluding hydrogens is 338 g/mol. The zero-order chi connectivity index (χ0) is 19.1. The van der Waals surface area contributed by atoms with Crippen LogP contribution in [0.25, 0.3) is 11.0 Å². The quantitative estimate of drug-likeness (QED) is 0.651. The molecule has 0 aliphatic carbocycles. The van der Waals surface area contributed by atoms with E-state index in [0.717, 1.165) is 0 Å². The summed E-state index contributed by atoms with van der Waals surface area (Å²) >= 11 is 0. The number of piperazine rings is 1. The van der Waals surface area contributed by atoms with Gasteiger partial charge < -0.3 is 19.5 Å². The summed E-state index contributed by atoms with van der Waals surface area (Å²) in [5.41, 5.74) is 0.793. The molecule has 26 heavy (non-hydrogen) atoms. The molecule has 2 aromatic rings. The predicted octanol–water partition coefficient (Wildman–Crippen LogP) is 2.92. The zero-order valence-corrected chi connectivity index (χ0v) is 15.4. The normalized spacial score (nSPS) is 18.2. The first-order valence-electron chi connectivity index (χ1n) is 8.53. The average Bonchev–Trinajstić information content (AvgIpc) is 2.95. The van der Waals surface area contributed by atoms with Crippen LogP contribution in [0, 0.1) is 10.1 Å². The molecule has 2 heterocycles. The Balaban J connectivity index is 1.73. The van der Waals surface area contributed by atoms with Crippen LogP contribution in [0.15, 0.2) is 18.2 Å². The number of hydrogen-bond acceptors (Lipinski definition) is 6. The Hall–Kier alpha value is -2.84. The third-order valence-electron chi connectivity index (χ3n) is 4.22. The van der Waals surface area contributed by atoms with Crippen LogP contribution in [0.5, 0.6) is 0 Å². The molecule has 9 heteroatoms. The van der Waals surface area contributed by atoms with Gasteiger partial charge in [-0.05, 0) is 33.8 Å². The van der Waals surface area contributed by atoms with Crippen molar-refractivity contribution in [2.45, 2.75) is 39.3 Å². The maximum absolute atomic E-state index is 12.3. The fourth-order valence-electron chi connectivity index (χ4n) is 2.99. The molecule has 0 spiro atoms. The number of amides is 1.